The fraction of sp³-hybridized carbons (Fsp3) is 0.450. The number of halogens is 2. The third kappa shape index (κ3) is 3.63. The van der Waals surface area contributed by atoms with Crippen molar-refractivity contribution in [1.29, 1.82) is 0 Å². The van der Waals surface area contributed by atoms with Gasteiger partial charge in [0.25, 0.3) is 0 Å². The van der Waals surface area contributed by atoms with Crippen molar-refractivity contribution in [1.82, 2.24) is 9.78 Å². The molecule has 144 valence electrons. The molecule has 0 saturated heterocycles. The number of hydrogen-bond donors (Lipinski definition) is 0. The summed E-state index contributed by atoms with van der Waals surface area (Å²) in [6.07, 6.45) is 1.76. The number of aromatic nitrogens is 2. The van der Waals surface area contributed by atoms with Crippen molar-refractivity contribution in [2.45, 2.75) is 39.5 Å². The molecule has 1 aromatic heterocycles. The van der Waals surface area contributed by atoms with E-state index in [-0.39, 0.29) is 11.9 Å². The van der Waals surface area contributed by atoms with E-state index >= 15 is 0 Å². The first-order valence-corrected chi connectivity index (χ1v) is 9.87. The second kappa shape index (κ2) is 8.03. The maximum Gasteiger partial charge on any atom is 0.315 e. The number of aliphatic imine (C=N–C) groups is 1. The molecular weight excluding hydrogens is 385 g/mol. The van der Waals surface area contributed by atoms with Crippen molar-refractivity contribution in [3.05, 3.63) is 45.1 Å². The summed E-state index contributed by atoms with van der Waals surface area (Å²) in [7, 11) is 1.88. The van der Waals surface area contributed by atoms with Gasteiger partial charge in [-0.2, -0.15) is 5.10 Å². The van der Waals surface area contributed by atoms with Gasteiger partial charge in [0.15, 0.2) is 5.82 Å². The van der Waals surface area contributed by atoms with E-state index in [0.717, 1.165) is 35.5 Å². The zero-order chi connectivity index (χ0) is 19.7. The Morgan fingerprint density at radius 3 is 2.63 bits per heavy atom. The second-order valence-corrected chi connectivity index (χ2v) is 7.51. The molecule has 7 heteroatoms. The van der Waals surface area contributed by atoms with E-state index in [1.54, 1.807) is 17.7 Å². The molecular formula is C20H23Cl2N3O2. The molecule has 3 rings (SSSR count). The lowest BCUT2D eigenvalue weighted by Gasteiger charge is -2.30. The molecule has 0 saturated carbocycles. The number of carbonyl (C=O) groups is 1. The van der Waals surface area contributed by atoms with E-state index in [2.05, 4.69) is 12.0 Å². The molecule has 0 fully saturated rings. The SMILES string of the molecule is CCCc1nn(C)c2c1C(c1ccc(Cl)c(Cl)c1)C(C(=O)OCC)C(C)=N2. The number of ether oxygens (including phenoxy) is 1. The number of fused-ring (bicyclic) bond motifs is 1. The van der Waals surface area contributed by atoms with Crippen molar-refractivity contribution in [3.8, 4) is 0 Å². The zero-order valence-electron chi connectivity index (χ0n) is 15.9. The monoisotopic (exact) mass is 407 g/mol. The van der Waals surface area contributed by atoms with Crippen LogP contribution < -0.4 is 0 Å². The summed E-state index contributed by atoms with van der Waals surface area (Å²) in [5, 5.41) is 5.61. The lowest BCUT2D eigenvalue weighted by molar-refractivity contribution is -0.146. The average Bonchev–Trinajstić information content (AvgIpc) is 2.92. The number of hydrogen-bond acceptors (Lipinski definition) is 4. The summed E-state index contributed by atoms with van der Waals surface area (Å²) in [5.74, 6) is -0.282. The number of rotatable bonds is 5. The van der Waals surface area contributed by atoms with Crippen LogP contribution in [0.3, 0.4) is 0 Å². The van der Waals surface area contributed by atoms with Crippen LogP contribution in [-0.4, -0.2) is 28.1 Å². The Hall–Kier alpha value is -1.85. The standard InChI is InChI=1S/C20H23Cl2N3O2/c1-5-7-15-18-17(12-8-9-13(21)14(22)10-12)16(20(26)27-6-2)11(3)23-19(18)25(4)24-15/h8-10,16-17H,5-7H2,1-4H3. The lowest BCUT2D eigenvalue weighted by Crippen LogP contribution is -2.33. The van der Waals surface area contributed by atoms with Crippen molar-refractivity contribution >= 4 is 40.7 Å². The molecule has 0 N–H and O–H groups in total. The van der Waals surface area contributed by atoms with Gasteiger partial charge in [0, 0.05) is 24.2 Å². The quantitative estimate of drug-likeness (QED) is 0.647. The Labute approximate surface area is 169 Å². The minimum Gasteiger partial charge on any atom is -0.465 e. The third-order valence-corrected chi connectivity index (χ3v) is 5.57. The molecule has 5 nitrogen and oxygen atoms in total. The molecule has 2 aromatic rings. The summed E-state index contributed by atoms with van der Waals surface area (Å²) in [4.78, 5) is 17.5. The van der Waals surface area contributed by atoms with E-state index in [9.17, 15) is 4.79 Å². The van der Waals surface area contributed by atoms with Crippen LogP contribution in [-0.2, 0) is 23.0 Å². The molecule has 27 heavy (non-hydrogen) atoms. The average molecular weight is 408 g/mol. The van der Waals surface area contributed by atoms with E-state index in [1.807, 2.05) is 26.1 Å². The van der Waals surface area contributed by atoms with Gasteiger partial charge in [-0.25, -0.2) is 4.99 Å². The highest BCUT2D eigenvalue weighted by atomic mass is 35.5. The van der Waals surface area contributed by atoms with Gasteiger partial charge >= 0.3 is 5.97 Å². The molecule has 1 aliphatic rings. The smallest absolute Gasteiger partial charge is 0.315 e. The maximum absolute atomic E-state index is 12.8. The molecule has 0 radical (unpaired) electrons. The van der Waals surface area contributed by atoms with Gasteiger partial charge in [-0.3, -0.25) is 9.48 Å². The predicted molar refractivity (Wildman–Crippen MR) is 108 cm³/mol. The van der Waals surface area contributed by atoms with Gasteiger partial charge < -0.3 is 4.74 Å². The Morgan fingerprint density at radius 2 is 2.00 bits per heavy atom. The van der Waals surface area contributed by atoms with Crippen molar-refractivity contribution < 1.29 is 9.53 Å². The predicted octanol–water partition coefficient (Wildman–Crippen LogP) is 5.10. The first kappa shape index (κ1) is 19.9. The van der Waals surface area contributed by atoms with Crippen LogP contribution >= 0.6 is 23.2 Å². The number of esters is 1. The van der Waals surface area contributed by atoms with Gasteiger partial charge in [-0.05, 0) is 38.0 Å². The lowest BCUT2D eigenvalue weighted by atomic mass is 9.76. The number of benzene rings is 1. The molecule has 0 bridgehead atoms. The van der Waals surface area contributed by atoms with Gasteiger partial charge in [0.05, 0.1) is 22.3 Å². The fourth-order valence-corrected chi connectivity index (χ4v) is 4.01. The Balaban J connectivity index is 2.24. The van der Waals surface area contributed by atoms with E-state index in [1.165, 1.54) is 0 Å². The highest BCUT2D eigenvalue weighted by Crippen LogP contribution is 2.45. The summed E-state index contributed by atoms with van der Waals surface area (Å²) >= 11 is 12.4. The van der Waals surface area contributed by atoms with Crippen LogP contribution in [0.15, 0.2) is 23.2 Å². The van der Waals surface area contributed by atoms with E-state index in [4.69, 9.17) is 32.9 Å². The number of nitrogens with zero attached hydrogens (tertiary/aromatic N) is 3. The van der Waals surface area contributed by atoms with Gasteiger partial charge in [-0.15, -0.1) is 0 Å². The molecule has 1 aliphatic heterocycles. The van der Waals surface area contributed by atoms with Gasteiger partial charge in [0.1, 0.15) is 5.92 Å². The minimum absolute atomic E-state index is 0.262. The highest BCUT2D eigenvalue weighted by Gasteiger charge is 2.41. The fourth-order valence-electron chi connectivity index (χ4n) is 3.71. The number of aryl methyl sites for hydroxylation is 2. The molecule has 0 amide bonds. The largest absolute Gasteiger partial charge is 0.465 e. The second-order valence-electron chi connectivity index (χ2n) is 6.69. The Kier molecular flexibility index (Phi) is 5.92. The summed E-state index contributed by atoms with van der Waals surface area (Å²) in [6, 6.07) is 5.50. The Morgan fingerprint density at radius 1 is 1.26 bits per heavy atom. The first-order chi connectivity index (χ1) is 12.9. The van der Waals surface area contributed by atoms with Crippen LogP contribution in [0.25, 0.3) is 0 Å². The maximum atomic E-state index is 12.8. The van der Waals surface area contributed by atoms with Crippen LogP contribution in [0.4, 0.5) is 5.82 Å². The molecule has 2 atom stereocenters. The van der Waals surface area contributed by atoms with Crippen molar-refractivity contribution in [3.63, 3.8) is 0 Å². The zero-order valence-corrected chi connectivity index (χ0v) is 17.4. The Bertz CT molecular complexity index is 905. The van der Waals surface area contributed by atoms with Crippen LogP contribution in [0, 0.1) is 5.92 Å². The first-order valence-electron chi connectivity index (χ1n) is 9.11. The third-order valence-electron chi connectivity index (χ3n) is 4.84. The normalized spacial score (nSPS) is 18.8. The van der Waals surface area contributed by atoms with E-state index in [0.29, 0.717) is 22.4 Å². The van der Waals surface area contributed by atoms with Crippen molar-refractivity contribution in [2.75, 3.05) is 6.61 Å². The van der Waals surface area contributed by atoms with E-state index < -0.39 is 5.92 Å². The summed E-state index contributed by atoms with van der Waals surface area (Å²) in [5.41, 5.74) is 3.55. The highest BCUT2D eigenvalue weighted by molar-refractivity contribution is 6.42. The number of carbonyl (C=O) groups excluding carboxylic acids is 1. The molecule has 1 aromatic carbocycles. The summed E-state index contributed by atoms with van der Waals surface area (Å²) in [6.45, 7) is 6.09. The summed E-state index contributed by atoms with van der Waals surface area (Å²) < 4.78 is 7.16. The minimum atomic E-state index is -0.519. The van der Waals surface area contributed by atoms with Crippen molar-refractivity contribution in [2.24, 2.45) is 18.0 Å². The molecule has 2 unspecified atom stereocenters. The van der Waals surface area contributed by atoms with Crippen LogP contribution in [0.5, 0.6) is 0 Å². The van der Waals surface area contributed by atoms with Crippen LogP contribution in [0.1, 0.15) is 49.9 Å². The molecule has 0 aliphatic carbocycles. The topological polar surface area (TPSA) is 56.5 Å². The van der Waals surface area contributed by atoms with Gasteiger partial charge in [0.2, 0.25) is 0 Å². The molecule has 0 spiro atoms. The van der Waals surface area contributed by atoms with Gasteiger partial charge in [-0.1, -0.05) is 42.6 Å². The molecule has 2 heterocycles. The van der Waals surface area contributed by atoms with Crippen LogP contribution in [0.2, 0.25) is 10.0 Å².